The summed E-state index contributed by atoms with van der Waals surface area (Å²) >= 11 is 0. The number of benzene rings is 2. The van der Waals surface area contributed by atoms with Gasteiger partial charge in [-0.15, -0.1) is 4.40 Å². The molecule has 33 heavy (non-hydrogen) atoms. The van der Waals surface area contributed by atoms with Crippen LogP contribution in [0.4, 0.5) is 5.69 Å². The maximum Gasteiger partial charge on any atom is 0.340 e. The Morgan fingerprint density at radius 2 is 1.73 bits per heavy atom. The fourth-order valence-electron chi connectivity index (χ4n) is 3.08. The number of rotatable bonds is 6. The molecule has 0 radical (unpaired) electrons. The molecule has 2 heterocycles. The molecule has 2 aromatic carbocycles. The number of carbonyl (C=O) groups excluding carboxylic acids is 2. The zero-order valence-corrected chi connectivity index (χ0v) is 18.5. The van der Waals surface area contributed by atoms with Gasteiger partial charge in [0, 0.05) is 18.4 Å². The number of esters is 1. The van der Waals surface area contributed by atoms with Crippen LogP contribution in [0, 0.1) is 0 Å². The molecule has 2 aromatic rings. The molecular formula is C23H21N3O6S. The van der Waals surface area contributed by atoms with Crippen LogP contribution in [-0.2, 0) is 24.3 Å². The van der Waals surface area contributed by atoms with Gasteiger partial charge < -0.3 is 19.7 Å². The Balaban J connectivity index is 1.32. The Hall–Kier alpha value is -3.92. The van der Waals surface area contributed by atoms with Crippen LogP contribution >= 0.6 is 0 Å². The maximum atomic E-state index is 12.5. The second-order valence-electron chi connectivity index (χ2n) is 7.32. The SMILES string of the molecule is CC(OC(=O)C1=CN2CCS(=O)(=O)N=C2C=C1)C(=O)Nc1ccc(Oc2ccccc2)cc1. The largest absolute Gasteiger partial charge is 0.457 e. The fraction of sp³-hybridized carbons (Fsp3) is 0.174. The molecular weight excluding hydrogens is 446 g/mol. The van der Waals surface area contributed by atoms with Gasteiger partial charge in [0.05, 0.1) is 11.3 Å². The van der Waals surface area contributed by atoms with Crippen molar-refractivity contribution < 1.29 is 27.5 Å². The van der Waals surface area contributed by atoms with E-state index in [1.165, 1.54) is 25.3 Å². The van der Waals surface area contributed by atoms with Gasteiger partial charge in [-0.3, -0.25) is 4.79 Å². The molecule has 0 bridgehead atoms. The lowest BCUT2D eigenvalue weighted by Crippen LogP contribution is -2.37. The normalized spacial score (nSPS) is 17.2. The first-order valence-electron chi connectivity index (χ1n) is 10.1. The van der Waals surface area contributed by atoms with Crippen molar-refractivity contribution in [1.82, 2.24) is 4.90 Å². The Bertz CT molecular complexity index is 1250. The van der Waals surface area contributed by atoms with Gasteiger partial charge in [0.25, 0.3) is 15.9 Å². The third kappa shape index (κ3) is 5.66. The van der Waals surface area contributed by atoms with Crippen LogP contribution in [-0.4, -0.2) is 49.4 Å². The minimum atomic E-state index is -3.48. The summed E-state index contributed by atoms with van der Waals surface area (Å²) in [6, 6.07) is 16.1. The number of nitrogens with one attached hydrogen (secondary N) is 1. The number of hydrogen-bond donors (Lipinski definition) is 1. The van der Waals surface area contributed by atoms with Gasteiger partial charge in [0.2, 0.25) is 0 Å². The quantitative estimate of drug-likeness (QED) is 0.650. The van der Waals surface area contributed by atoms with Gasteiger partial charge in [-0.25, -0.2) is 13.2 Å². The van der Waals surface area contributed by atoms with E-state index >= 15 is 0 Å². The van der Waals surface area contributed by atoms with E-state index in [0.29, 0.717) is 17.2 Å². The minimum absolute atomic E-state index is 0.142. The number of ether oxygens (including phenoxy) is 2. The van der Waals surface area contributed by atoms with E-state index in [0.717, 1.165) is 0 Å². The van der Waals surface area contributed by atoms with Crippen molar-refractivity contribution in [2.24, 2.45) is 4.40 Å². The molecule has 0 spiro atoms. The molecule has 0 aromatic heterocycles. The van der Waals surface area contributed by atoms with E-state index in [2.05, 4.69) is 9.71 Å². The summed E-state index contributed by atoms with van der Waals surface area (Å²) in [4.78, 5) is 26.5. The third-order valence-corrected chi connectivity index (χ3v) is 5.98. The molecule has 10 heteroatoms. The van der Waals surface area contributed by atoms with Gasteiger partial charge in [-0.05, 0) is 55.5 Å². The van der Waals surface area contributed by atoms with E-state index in [-0.39, 0.29) is 23.7 Å². The molecule has 0 saturated heterocycles. The van der Waals surface area contributed by atoms with Gasteiger partial charge in [-0.1, -0.05) is 18.2 Å². The molecule has 170 valence electrons. The van der Waals surface area contributed by atoms with Crippen LogP contribution in [0.2, 0.25) is 0 Å². The minimum Gasteiger partial charge on any atom is -0.457 e. The smallest absolute Gasteiger partial charge is 0.340 e. The third-order valence-electron chi connectivity index (χ3n) is 4.81. The number of para-hydroxylation sites is 1. The molecule has 1 N–H and O–H groups in total. The topological polar surface area (TPSA) is 114 Å². The monoisotopic (exact) mass is 467 g/mol. The highest BCUT2D eigenvalue weighted by Crippen LogP contribution is 2.23. The molecule has 1 unspecified atom stereocenters. The van der Waals surface area contributed by atoms with Gasteiger partial charge >= 0.3 is 5.97 Å². The number of carbonyl (C=O) groups is 2. The van der Waals surface area contributed by atoms with E-state index in [1.807, 2.05) is 30.3 Å². The summed E-state index contributed by atoms with van der Waals surface area (Å²) in [5.74, 6) is 0.216. The number of amidine groups is 1. The number of amides is 1. The van der Waals surface area contributed by atoms with E-state index in [1.54, 1.807) is 29.2 Å². The van der Waals surface area contributed by atoms with Crippen molar-refractivity contribution in [2.45, 2.75) is 13.0 Å². The molecule has 2 aliphatic rings. The molecule has 1 atom stereocenters. The number of fused-ring (bicyclic) bond motifs is 1. The molecule has 0 saturated carbocycles. The van der Waals surface area contributed by atoms with E-state index in [4.69, 9.17) is 9.47 Å². The lowest BCUT2D eigenvalue weighted by Gasteiger charge is -2.27. The Kier molecular flexibility index (Phi) is 6.27. The summed E-state index contributed by atoms with van der Waals surface area (Å²) in [5.41, 5.74) is 0.714. The number of nitrogens with zero attached hydrogens (tertiary/aromatic N) is 2. The number of anilines is 1. The summed E-state index contributed by atoms with van der Waals surface area (Å²) in [7, 11) is -3.48. The lowest BCUT2D eigenvalue weighted by molar-refractivity contribution is -0.149. The van der Waals surface area contributed by atoms with Crippen LogP contribution in [0.15, 0.2) is 82.9 Å². The number of hydrogen-bond acceptors (Lipinski definition) is 7. The molecule has 0 fully saturated rings. The van der Waals surface area contributed by atoms with Crippen molar-refractivity contribution in [1.29, 1.82) is 0 Å². The lowest BCUT2D eigenvalue weighted by atomic mass is 10.2. The van der Waals surface area contributed by atoms with Crippen molar-refractivity contribution in [3.8, 4) is 11.5 Å². The first-order chi connectivity index (χ1) is 15.8. The van der Waals surface area contributed by atoms with Crippen LogP contribution < -0.4 is 10.1 Å². The van der Waals surface area contributed by atoms with Crippen molar-refractivity contribution in [3.05, 3.63) is 78.5 Å². The van der Waals surface area contributed by atoms with Crippen LogP contribution in [0.5, 0.6) is 11.5 Å². The first kappa shape index (κ1) is 22.3. The Morgan fingerprint density at radius 3 is 2.45 bits per heavy atom. The first-order valence-corrected chi connectivity index (χ1v) is 11.7. The second kappa shape index (κ2) is 9.29. The number of sulfonamides is 1. The summed E-state index contributed by atoms with van der Waals surface area (Å²) in [6.45, 7) is 1.65. The van der Waals surface area contributed by atoms with Gasteiger partial charge in [0.15, 0.2) is 6.10 Å². The standard InChI is InChI=1S/C23H21N3O6S/c1-16(31-23(28)17-7-12-21-25-33(29,30)14-13-26(21)15-17)22(27)24-18-8-10-20(11-9-18)32-19-5-3-2-4-6-19/h2-12,15-16H,13-14H2,1H3,(H,24,27). The molecule has 9 nitrogen and oxygen atoms in total. The highest BCUT2D eigenvalue weighted by atomic mass is 32.2. The van der Waals surface area contributed by atoms with Crippen molar-refractivity contribution >= 4 is 33.4 Å². The average molecular weight is 468 g/mol. The maximum absolute atomic E-state index is 12.5. The van der Waals surface area contributed by atoms with Crippen molar-refractivity contribution in [2.75, 3.05) is 17.6 Å². The summed E-state index contributed by atoms with van der Waals surface area (Å²) in [6.07, 6.45) is 3.25. The van der Waals surface area contributed by atoms with E-state index in [9.17, 15) is 18.0 Å². The van der Waals surface area contributed by atoms with Gasteiger partial charge in [-0.2, -0.15) is 0 Å². The van der Waals surface area contributed by atoms with Crippen molar-refractivity contribution in [3.63, 3.8) is 0 Å². The van der Waals surface area contributed by atoms with E-state index < -0.39 is 28.0 Å². The van der Waals surface area contributed by atoms with Crippen LogP contribution in [0.3, 0.4) is 0 Å². The zero-order valence-electron chi connectivity index (χ0n) is 17.7. The second-order valence-corrected chi connectivity index (χ2v) is 9.08. The highest BCUT2D eigenvalue weighted by Gasteiger charge is 2.27. The summed E-state index contributed by atoms with van der Waals surface area (Å²) in [5, 5.41) is 2.69. The zero-order chi connectivity index (χ0) is 23.4. The fourth-order valence-corrected chi connectivity index (χ4v) is 4.05. The molecule has 2 aliphatic heterocycles. The predicted molar refractivity (Wildman–Crippen MR) is 122 cm³/mol. The van der Waals surface area contributed by atoms with Crippen LogP contribution in [0.25, 0.3) is 0 Å². The predicted octanol–water partition coefficient (Wildman–Crippen LogP) is 2.85. The molecule has 1 amide bonds. The Morgan fingerprint density at radius 1 is 1.03 bits per heavy atom. The molecule has 4 rings (SSSR count). The molecule has 0 aliphatic carbocycles. The Labute approximate surface area is 191 Å². The summed E-state index contributed by atoms with van der Waals surface area (Å²) < 4.78 is 37.8. The van der Waals surface area contributed by atoms with Crippen LogP contribution in [0.1, 0.15) is 6.92 Å². The highest BCUT2D eigenvalue weighted by molar-refractivity contribution is 7.90. The van der Waals surface area contributed by atoms with Gasteiger partial charge in [0.1, 0.15) is 17.3 Å². The average Bonchev–Trinajstić information content (AvgIpc) is 2.80.